The molecule has 0 spiro atoms. The number of H-pyrrole nitrogens is 1. The van der Waals surface area contributed by atoms with Crippen LogP contribution in [-0.2, 0) is 16.1 Å². The zero-order valence-corrected chi connectivity index (χ0v) is 13.7. The van der Waals surface area contributed by atoms with E-state index in [2.05, 4.69) is 10.3 Å². The van der Waals surface area contributed by atoms with Gasteiger partial charge in [-0.05, 0) is 11.6 Å². The van der Waals surface area contributed by atoms with Crippen molar-refractivity contribution in [2.45, 2.75) is 18.2 Å². The quantitative estimate of drug-likeness (QED) is 0.868. The normalized spacial score (nSPS) is 17.1. The number of para-hydroxylation sites is 1. The van der Waals surface area contributed by atoms with Crippen LogP contribution in [0.25, 0.3) is 10.9 Å². The smallest absolute Gasteiger partial charge is 0.286 e. The van der Waals surface area contributed by atoms with Gasteiger partial charge < -0.3 is 9.88 Å². The zero-order valence-electron chi connectivity index (χ0n) is 12.9. The van der Waals surface area contributed by atoms with Crippen molar-refractivity contribution in [1.82, 2.24) is 15.2 Å². The van der Waals surface area contributed by atoms with E-state index in [0.29, 0.717) is 5.52 Å². The molecule has 124 valence electrons. The van der Waals surface area contributed by atoms with Gasteiger partial charge in [-0.15, -0.1) is 0 Å². The predicted molar refractivity (Wildman–Crippen MR) is 90.6 cm³/mol. The molecule has 2 heterocycles. The van der Waals surface area contributed by atoms with Gasteiger partial charge in [0.2, 0.25) is 17.4 Å². The van der Waals surface area contributed by atoms with Crippen molar-refractivity contribution in [3.8, 4) is 0 Å². The number of carbonyl (C=O) groups is 3. The van der Waals surface area contributed by atoms with Crippen molar-refractivity contribution in [3.05, 3.63) is 46.2 Å². The first kappa shape index (κ1) is 16.3. The van der Waals surface area contributed by atoms with Gasteiger partial charge in [0.25, 0.3) is 5.24 Å². The van der Waals surface area contributed by atoms with E-state index in [1.807, 2.05) is 18.2 Å². The number of carbonyl (C=O) groups excluding carboxylic acids is 3. The standard InChI is InChI=1S/C16H15N3O4S/c1-19(14(21)7-12-15(22)18-16(23)24-12)8-9-6-13(20)17-11-5-3-2-4-10(9)11/h2-6,12H,7-8H2,1H3,(H,17,20)(H,18,22,23). The monoisotopic (exact) mass is 345 g/mol. The van der Waals surface area contributed by atoms with Gasteiger partial charge in [0.15, 0.2) is 0 Å². The average molecular weight is 345 g/mol. The number of thioether (sulfide) groups is 1. The number of aromatic nitrogens is 1. The Balaban J connectivity index is 1.76. The van der Waals surface area contributed by atoms with Crippen LogP contribution in [0, 0.1) is 0 Å². The van der Waals surface area contributed by atoms with Gasteiger partial charge in [0, 0.05) is 37.0 Å². The molecule has 0 radical (unpaired) electrons. The van der Waals surface area contributed by atoms with Crippen molar-refractivity contribution in [2.75, 3.05) is 7.05 Å². The summed E-state index contributed by atoms with van der Waals surface area (Å²) in [4.78, 5) is 51.0. The Morgan fingerprint density at radius 3 is 2.71 bits per heavy atom. The van der Waals surface area contributed by atoms with E-state index in [0.717, 1.165) is 22.7 Å². The number of amides is 3. The summed E-state index contributed by atoms with van der Waals surface area (Å²) in [6.07, 6.45) is -0.0557. The van der Waals surface area contributed by atoms with Gasteiger partial charge in [-0.3, -0.25) is 24.5 Å². The van der Waals surface area contributed by atoms with Gasteiger partial charge in [-0.25, -0.2) is 0 Å². The molecule has 1 aromatic heterocycles. The molecule has 3 amide bonds. The molecular weight excluding hydrogens is 330 g/mol. The van der Waals surface area contributed by atoms with Crippen LogP contribution in [0.15, 0.2) is 35.1 Å². The highest BCUT2D eigenvalue weighted by atomic mass is 32.2. The summed E-state index contributed by atoms with van der Waals surface area (Å²) < 4.78 is 0. The van der Waals surface area contributed by atoms with Gasteiger partial charge in [-0.2, -0.15) is 0 Å². The summed E-state index contributed by atoms with van der Waals surface area (Å²) in [5.74, 6) is -0.699. The predicted octanol–water partition coefficient (Wildman–Crippen LogP) is 1.23. The van der Waals surface area contributed by atoms with Gasteiger partial charge in [0.1, 0.15) is 5.25 Å². The van der Waals surface area contributed by atoms with E-state index in [-0.39, 0.29) is 24.4 Å². The van der Waals surface area contributed by atoms with E-state index < -0.39 is 16.4 Å². The average Bonchev–Trinajstić information content (AvgIpc) is 2.84. The lowest BCUT2D eigenvalue weighted by Crippen LogP contribution is -2.32. The van der Waals surface area contributed by atoms with E-state index in [9.17, 15) is 19.2 Å². The van der Waals surface area contributed by atoms with Gasteiger partial charge in [0.05, 0.1) is 0 Å². The number of aromatic amines is 1. The molecule has 1 aromatic carbocycles. The Bertz CT molecular complexity index is 892. The maximum absolute atomic E-state index is 12.3. The summed E-state index contributed by atoms with van der Waals surface area (Å²) in [7, 11) is 1.61. The molecule has 1 aliphatic heterocycles. The first-order valence-electron chi connectivity index (χ1n) is 7.30. The third-order valence-corrected chi connectivity index (χ3v) is 4.78. The number of pyridine rings is 1. The molecule has 0 aliphatic carbocycles. The van der Waals surface area contributed by atoms with Crippen LogP contribution >= 0.6 is 11.8 Å². The number of fused-ring (bicyclic) bond motifs is 1. The van der Waals surface area contributed by atoms with E-state index in [1.54, 1.807) is 13.1 Å². The summed E-state index contributed by atoms with van der Waals surface area (Å²) in [5.41, 5.74) is 1.20. The lowest BCUT2D eigenvalue weighted by Gasteiger charge is -2.19. The molecule has 24 heavy (non-hydrogen) atoms. The first-order valence-corrected chi connectivity index (χ1v) is 8.18. The Morgan fingerprint density at radius 1 is 1.25 bits per heavy atom. The SMILES string of the molecule is CN(Cc1cc(=O)[nH]c2ccccc12)C(=O)CC1SC(=O)NC1=O. The Kier molecular flexibility index (Phi) is 4.39. The summed E-state index contributed by atoms with van der Waals surface area (Å²) in [6, 6.07) is 8.82. The molecule has 1 saturated heterocycles. The zero-order chi connectivity index (χ0) is 17.3. The maximum atomic E-state index is 12.3. The highest BCUT2D eigenvalue weighted by molar-refractivity contribution is 8.15. The minimum atomic E-state index is -0.691. The number of nitrogens with one attached hydrogen (secondary N) is 2. The summed E-state index contributed by atoms with van der Waals surface area (Å²) in [6.45, 7) is 0.246. The molecule has 8 heteroatoms. The lowest BCUT2D eigenvalue weighted by molar-refractivity contribution is -0.132. The molecule has 0 bridgehead atoms. The minimum Gasteiger partial charge on any atom is -0.341 e. The second-order valence-corrected chi connectivity index (χ2v) is 6.72. The van der Waals surface area contributed by atoms with Crippen molar-refractivity contribution in [2.24, 2.45) is 0 Å². The second kappa shape index (κ2) is 6.48. The van der Waals surface area contributed by atoms with E-state index >= 15 is 0 Å². The van der Waals surface area contributed by atoms with Crippen LogP contribution in [-0.4, -0.2) is 39.2 Å². The molecule has 7 nitrogen and oxygen atoms in total. The number of benzene rings is 1. The van der Waals surface area contributed by atoms with E-state index in [1.165, 1.54) is 11.0 Å². The number of hydrogen-bond donors (Lipinski definition) is 2. The largest absolute Gasteiger partial charge is 0.341 e. The fourth-order valence-corrected chi connectivity index (χ4v) is 3.40. The van der Waals surface area contributed by atoms with Crippen molar-refractivity contribution in [3.63, 3.8) is 0 Å². The molecule has 0 saturated carbocycles. The van der Waals surface area contributed by atoms with Gasteiger partial charge in [-0.1, -0.05) is 30.0 Å². The van der Waals surface area contributed by atoms with Gasteiger partial charge >= 0.3 is 0 Å². The minimum absolute atomic E-state index is 0.0557. The van der Waals surface area contributed by atoms with E-state index in [4.69, 9.17) is 0 Å². The van der Waals surface area contributed by atoms with Crippen LogP contribution in [0.2, 0.25) is 0 Å². The Morgan fingerprint density at radius 2 is 2.00 bits per heavy atom. The molecular formula is C16H15N3O4S. The maximum Gasteiger partial charge on any atom is 0.286 e. The number of imide groups is 1. The molecule has 1 aliphatic rings. The highest BCUT2D eigenvalue weighted by Crippen LogP contribution is 2.23. The third-order valence-electron chi connectivity index (χ3n) is 3.80. The fraction of sp³-hybridized carbons (Fsp3) is 0.250. The molecule has 2 N–H and O–H groups in total. The van der Waals surface area contributed by atoms with Crippen LogP contribution in [0.1, 0.15) is 12.0 Å². The van der Waals surface area contributed by atoms with Crippen molar-refractivity contribution in [1.29, 1.82) is 0 Å². The van der Waals surface area contributed by atoms with Crippen LogP contribution in [0.5, 0.6) is 0 Å². The highest BCUT2D eigenvalue weighted by Gasteiger charge is 2.33. The molecule has 1 unspecified atom stereocenters. The number of hydrogen-bond acceptors (Lipinski definition) is 5. The van der Waals surface area contributed by atoms with Crippen LogP contribution < -0.4 is 10.9 Å². The fourth-order valence-electron chi connectivity index (χ4n) is 2.59. The summed E-state index contributed by atoms with van der Waals surface area (Å²) in [5, 5.41) is 1.90. The first-order chi connectivity index (χ1) is 11.4. The number of nitrogens with zero attached hydrogens (tertiary/aromatic N) is 1. The Hall–Kier alpha value is -2.61. The van der Waals surface area contributed by atoms with Crippen LogP contribution in [0.4, 0.5) is 4.79 Å². The molecule has 1 atom stereocenters. The summed E-state index contributed by atoms with van der Waals surface area (Å²) >= 11 is 0.829. The molecule has 3 rings (SSSR count). The molecule has 1 fully saturated rings. The van der Waals surface area contributed by atoms with Crippen molar-refractivity contribution >= 4 is 39.7 Å². The number of rotatable bonds is 4. The second-order valence-electron chi connectivity index (χ2n) is 5.54. The Labute approximate surface area is 141 Å². The topological polar surface area (TPSA) is 99.3 Å². The van der Waals surface area contributed by atoms with Crippen LogP contribution in [0.3, 0.4) is 0 Å². The molecule has 2 aromatic rings. The third kappa shape index (κ3) is 3.33. The van der Waals surface area contributed by atoms with Crippen molar-refractivity contribution < 1.29 is 14.4 Å². The lowest BCUT2D eigenvalue weighted by atomic mass is 10.1.